The summed E-state index contributed by atoms with van der Waals surface area (Å²) in [4.78, 5) is 4.09. The lowest BCUT2D eigenvalue weighted by Crippen LogP contribution is -2.24. The summed E-state index contributed by atoms with van der Waals surface area (Å²) < 4.78 is 5.19. The average Bonchev–Trinajstić information content (AvgIpc) is 2.39. The van der Waals surface area contributed by atoms with Crippen LogP contribution in [0.25, 0.3) is 0 Å². The zero-order valence-corrected chi connectivity index (χ0v) is 10.8. The number of hydrogen-bond acceptors (Lipinski definition) is 3. The van der Waals surface area contributed by atoms with E-state index >= 15 is 0 Å². The van der Waals surface area contributed by atoms with Gasteiger partial charge in [0, 0.05) is 18.0 Å². The van der Waals surface area contributed by atoms with Gasteiger partial charge in [0.2, 0.25) is 0 Å². The molecule has 0 bridgehead atoms. The van der Waals surface area contributed by atoms with Gasteiger partial charge in [-0.25, -0.2) is 0 Å². The Balaban J connectivity index is 2.50. The van der Waals surface area contributed by atoms with Gasteiger partial charge in [-0.05, 0) is 43.2 Å². The van der Waals surface area contributed by atoms with Crippen LogP contribution in [-0.2, 0) is 5.60 Å². The number of hydrogen-bond donors (Lipinski definition) is 1. The fourth-order valence-corrected chi connectivity index (χ4v) is 2.05. The molecule has 1 N–H and O–H groups in total. The SMILES string of the molecule is COc1cccc(C(C)(O)c2cnccc2C)c1. The summed E-state index contributed by atoms with van der Waals surface area (Å²) >= 11 is 0. The predicted octanol–water partition coefficient (Wildman–Crippen LogP) is 2.65. The van der Waals surface area contributed by atoms with E-state index in [0.717, 1.165) is 22.4 Å². The van der Waals surface area contributed by atoms with E-state index in [2.05, 4.69) is 4.98 Å². The van der Waals surface area contributed by atoms with Crippen molar-refractivity contribution < 1.29 is 9.84 Å². The van der Waals surface area contributed by atoms with Crippen LogP contribution in [0.15, 0.2) is 42.7 Å². The van der Waals surface area contributed by atoms with Crippen LogP contribution in [0.3, 0.4) is 0 Å². The smallest absolute Gasteiger partial charge is 0.119 e. The first-order valence-corrected chi connectivity index (χ1v) is 5.83. The van der Waals surface area contributed by atoms with Crippen LogP contribution in [0.2, 0.25) is 0 Å². The Hall–Kier alpha value is -1.87. The first kappa shape index (κ1) is 12.6. The number of rotatable bonds is 3. The number of nitrogens with zero attached hydrogens (tertiary/aromatic N) is 1. The number of ether oxygens (including phenoxy) is 1. The topological polar surface area (TPSA) is 42.4 Å². The molecule has 2 rings (SSSR count). The van der Waals surface area contributed by atoms with Gasteiger partial charge in [-0.15, -0.1) is 0 Å². The second-order valence-electron chi connectivity index (χ2n) is 4.49. The van der Waals surface area contributed by atoms with E-state index in [4.69, 9.17) is 4.74 Å². The van der Waals surface area contributed by atoms with Gasteiger partial charge in [-0.2, -0.15) is 0 Å². The predicted molar refractivity (Wildman–Crippen MR) is 70.6 cm³/mol. The molecule has 0 saturated heterocycles. The highest BCUT2D eigenvalue weighted by Crippen LogP contribution is 2.32. The lowest BCUT2D eigenvalue weighted by molar-refractivity contribution is 0.101. The number of benzene rings is 1. The Morgan fingerprint density at radius 1 is 1.28 bits per heavy atom. The maximum absolute atomic E-state index is 10.8. The van der Waals surface area contributed by atoms with Crippen molar-refractivity contribution in [1.82, 2.24) is 4.98 Å². The van der Waals surface area contributed by atoms with Crippen molar-refractivity contribution in [3.63, 3.8) is 0 Å². The summed E-state index contributed by atoms with van der Waals surface area (Å²) in [5.41, 5.74) is 1.53. The first-order chi connectivity index (χ1) is 8.55. The van der Waals surface area contributed by atoms with Gasteiger partial charge in [0.25, 0.3) is 0 Å². The third-order valence-electron chi connectivity index (χ3n) is 3.20. The van der Waals surface area contributed by atoms with Crippen molar-refractivity contribution in [2.24, 2.45) is 0 Å². The van der Waals surface area contributed by atoms with Crippen LogP contribution in [0.4, 0.5) is 0 Å². The van der Waals surface area contributed by atoms with Crippen LogP contribution in [-0.4, -0.2) is 17.2 Å². The molecule has 2 aromatic rings. The zero-order valence-electron chi connectivity index (χ0n) is 10.8. The summed E-state index contributed by atoms with van der Waals surface area (Å²) in [6.45, 7) is 3.73. The summed E-state index contributed by atoms with van der Waals surface area (Å²) in [6.07, 6.45) is 3.43. The van der Waals surface area contributed by atoms with Crippen molar-refractivity contribution >= 4 is 0 Å². The largest absolute Gasteiger partial charge is 0.497 e. The quantitative estimate of drug-likeness (QED) is 0.901. The van der Waals surface area contributed by atoms with Gasteiger partial charge < -0.3 is 9.84 Å². The lowest BCUT2D eigenvalue weighted by Gasteiger charge is -2.26. The van der Waals surface area contributed by atoms with E-state index in [9.17, 15) is 5.11 Å². The fourth-order valence-electron chi connectivity index (χ4n) is 2.05. The van der Waals surface area contributed by atoms with E-state index in [-0.39, 0.29) is 0 Å². The molecule has 1 atom stereocenters. The van der Waals surface area contributed by atoms with Crippen molar-refractivity contribution in [2.75, 3.05) is 7.11 Å². The van der Waals surface area contributed by atoms with Gasteiger partial charge in [0.15, 0.2) is 0 Å². The minimum atomic E-state index is -1.08. The van der Waals surface area contributed by atoms with E-state index in [1.54, 1.807) is 26.4 Å². The Morgan fingerprint density at radius 3 is 2.72 bits per heavy atom. The number of pyridine rings is 1. The monoisotopic (exact) mass is 243 g/mol. The molecule has 0 amide bonds. The second kappa shape index (κ2) is 4.78. The number of aryl methyl sites for hydroxylation is 1. The third kappa shape index (κ3) is 2.22. The third-order valence-corrected chi connectivity index (χ3v) is 3.20. The van der Waals surface area contributed by atoms with Crippen LogP contribution in [0.5, 0.6) is 5.75 Å². The molecule has 94 valence electrons. The van der Waals surface area contributed by atoms with Gasteiger partial charge in [0.1, 0.15) is 11.4 Å². The molecule has 1 heterocycles. The standard InChI is InChI=1S/C15H17NO2/c1-11-7-8-16-10-14(11)15(2,17)12-5-4-6-13(9-12)18-3/h4-10,17H,1-3H3. The number of methoxy groups -OCH3 is 1. The normalized spacial score (nSPS) is 14.0. The highest BCUT2D eigenvalue weighted by Gasteiger charge is 2.27. The molecule has 3 heteroatoms. The zero-order chi connectivity index (χ0) is 13.2. The summed E-state index contributed by atoms with van der Waals surface area (Å²) in [5.74, 6) is 0.731. The van der Waals surface area contributed by atoms with Crippen molar-refractivity contribution in [3.05, 3.63) is 59.4 Å². The molecule has 0 spiro atoms. The molecular formula is C15H17NO2. The van der Waals surface area contributed by atoms with E-state index in [0.29, 0.717) is 0 Å². The Kier molecular flexibility index (Phi) is 3.34. The first-order valence-electron chi connectivity index (χ1n) is 5.83. The van der Waals surface area contributed by atoms with Crippen molar-refractivity contribution in [2.45, 2.75) is 19.4 Å². The molecule has 1 aromatic heterocycles. The van der Waals surface area contributed by atoms with Crippen LogP contribution in [0.1, 0.15) is 23.6 Å². The average molecular weight is 243 g/mol. The van der Waals surface area contributed by atoms with Gasteiger partial charge >= 0.3 is 0 Å². The molecule has 0 saturated carbocycles. The van der Waals surface area contributed by atoms with E-state index < -0.39 is 5.60 Å². The molecule has 1 unspecified atom stereocenters. The molecule has 3 nitrogen and oxygen atoms in total. The summed E-state index contributed by atoms with van der Waals surface area (Å²) in [6, 6.07) is 9.34. The van der Waals surface area contributed by atoms with Crippen LogP contribution < -0.4 is 4.74 Å². The van der Waals surface area contributed by atoms with Gasteiger partial charge in [0.05, 0.1) is 7.11 Å². The van der Waals surface area contributed by atoms with E-state index in [1.165, 1.54) is 0 Å². The maximum atomic E-state index is 10.8. The lowest BCUT2D eigenvalue weighted by atomic mass is 9.87. The number of aromatic nitrogens is 1. The Labute approximate surface area is 107 Å². The molecule has 0 aliphatic heterocycles. The maximum Gasteiger partial charge on any atom is 0.119 e. The second-order valence-corrected chi connectivity index (χ2v) is 4.49. The van der Waals surface area contributed by atoms with Gasteiger partial charge in [-0.3, -0.25) is 4.98 Å². The van der Waals surface area contributed by atoms with Crippen molar-refractivity contribution in [3.8, 4) is 5.75 Å². The Morgan fingerprint density at radius 2 is 2.06 bits per heavy atom. The van der Waals surface area contributed by atoms with Crippen LogP contribution in [0, 0.1) is 6.92 Å². The molecule has 0 aliphatic rings. The molecule has 0 aliphatic carbocycles. The van der Waals surface area contributed by atoms with Crippen LogP contribution >= 0.6 is 0 Å². The highest BCUT2D eigenvalue weighted by atomic mass is 16.5. The van der Waals surface area contributed by atoms with Gasteiger partial charge in [-0.1, -0.05) is 12.1 Å². The summed E-state index contributed by atoms with van der Waals surface area (Å²) in [7, 11) is 1.61. The Bertz CT molecular complexity index is 550. The molecule has 1 aromatic carbocycles. The fraction of sp³-hybridized carbons (Fsp3) is 0.267. The number of aliphatic hydroxyl groups is 1. The highest BCUT2D eigenvalue weighted by molar-refractivity contribution is 5.41. The van der Waals surface area contributed by atoms with E-state index in [1.807, 2.05) is 37.3 Å². The van der Waals surface area contributed by atoms with Crippen molar-refractivity contribution in [1.29, 1.82) is 0 Å². The summed E-state index contributed by atoms with van der Waals surface area (Å²) in [5, 5.41) is 10.8. The molecule has 0 radical (unpaired) electrons. The molecule has 18 heavy (non-hydrogen) atoms. The molecule has 0 fully saturated rings. The molecular weight excluding hydrogens is 226 g/mol. The minimum absolute atomic E-state index is 0.731. The minimum Gasteiger partial charge on any atom is -0.497 e.